The smallest absolute Gasteiger partial charge is 0.150 e. The van der Waals surface area contributed by atoms with Gasteiger partial charge in [-0.3, -0.25) is 0 Å². The Hall–Kier alpha value is -0.380. The highest BCUT2D eigenvalue weighted by molar-refractivity contribution is 9.09. The average Bonchev–Trinajstić information content (AvgIpc) is 2.70. The topological polar surface area (TPSA) is 30.7 Å². The molecular weight excluding hydrogens is 266 g/mol. The van der Waals surface area contributed by atoms with Crippen molar-refractivity contribution in [1.29, 1.82) is 0 Å². The number of hydrogen-bond acceptors (Lipinski definition) is 2. The molecule has 0 bridgehead atoms. The Morgan fingerprint density at radius 3 is 2.50 bits per heavy atom. The van der Waals surface area contributed by atoms with E-state index in [2.05, 4.69) is 51.5 Å². The summed E-state index contributed by atoms with van der Waals surface area (Å²) in [6.07, 6.45) is 4.36. The second-order valence-electron chi connectivity index (χ2n) is 4.14. The first kappa shape index (κ1) is 13.7. The summed E-state index contributed by atoms with van der Waals surface area (Å²) in [5.74, 6) is 2.77. The number of nitrogens with zero attached hydrogens (tertiary/aromatic N) is 3. The van der Waals surface area contributed by atoms with E-state index in [4.69, 9.17) is 0 Å². The van der Waals surface area contributed by atoms with Crippen molar-refractivity contribution < 1.29 is 0 Å². The second-order valence-corrected chi connectivity index (χ2v) is 4.79. The normalized spacial score (nSPS) is 13.0. The fourth-order valence-electron chi connectivity index (χ4n) is 1.85. The fraction of sp³-hybridized carbons (Fsp3) is 0.833. The number of aryl methyl sites for hydroxylation is 2. The molecule has 0 saturated heterocycles. The van der Waals surface area contributed by atoms with Gasteiger partial charge in [0.15, 0.2) is 5.82 Å². The van der Waals surface area contributed by atoms with Gasteiger partial charge in [0.2, 0.25) is 0 Å². The molecule has 1 atom stereocenters. The van der Waals surface area contributed by atoms with Gasteiger partial charge < -0.3 is 0 Å². The minimum Gasteiger partial charge on any atom is -0.250 e. The van der Waals surface area contributed by atoms with Crippen molar-refractivity contribution in [3.8, 4) is 0 Å². The first-order valence-corrected chi connectivity index (χ1v) is 7.35. The second kappa shape index (κ2) is 7.05. The number of aromatic nitrogens is 3. The van der Waals surface area contributed by atoms with Gasteiger partial charge in [-0.2, -0.15) is 5.10 Å². The van der Waals surface area contributed by atoms with Crippen molar-refractivity contribution in [3.05, 3.63) is 11.6 Å². The maximum absolute atomic E-state index is 4.55. The molecule has 4 heteroatoms. The van der Waals surface area contributed by atoms with Crippen LogP contribution in [0.1, 0.15) is 45.3 Å². The summed E-state index contributed by atoms with van der Waals surface area (Å²) in [5, 5.41) is 5.60. The molecule has 1 rings (SSSR count). The summed E-state index contributed by atoms with van der Waals surface area (Å²) in [7, 11) is 0. The quantitative estimate of drug-likeness (QED) is 0.721. The summed E-state index contributed by atoms with van der Waals surface area (Å²) in [5.41, 5.74) is 0. The van der Waals surface area contributed by atoms with Crippen LogP contribution >= 0.6 is 15.9 Å². The third-order valence-electron chi connectivity index (χ3n) is 2.77. The molecular formula is C12H22BrN3. The van der Waals surface area contributed by atoms with Crippen LogP contribution in [-0.4, -0.2) is 20.1 Å². The average molecular weight is 288 g/mol. The Morgan fingerprint density at radius 1 is 1.25 bits per heavy atom. The van der Waals surface area contributed by atoms with Crippen molar-refractivity contribution in [2.45, 2.75) is 53.0 Å². The van der Waals surface area contributed by atoms with Crippen LogP contribution in [0.2, 0.25) is 0 Å². The molecule has 1 heterocycles. The van der Waals surface area contributed by atoms with Crippen molar-refractivity contribution in [1.82, 2.24) is 14.8 Å². The van der Waals surface area contributed by atoms with Gasteiger partial charge in [-0.15, -0.1) is 0 Å². The zero-order valence-corrected chi connectivity index (χ0v) is 12.1. The highest BCUT2D eigenvalue weighted by Gasteiger charge is 2.12. The van der Waals surface area contributed by atoms with Gasteiger partial charge in [0.1, 0.15) is 5.82 Å². The zero-order chi connectivity index (χ0) is 12.0. The first-order valence-electron chi connectivity index (χ1n) is 6.23. The van der Waals surface area contributed by atoms with E-state index in [1.807, 2.05) is 0 Å². The first-order chi connectivity index (χ1) is 7.74. The van der Waals surface area contributed by atoms with Gasteiger partial charge >= 0.3 is 0 Å². The lowest BCUT2D eigenvalue weighted by atomic mass is 10.1. The van der Waals surface area contributed by atoms with Gasteiger partial charge in [-0.25, -0.2) is 9.67 Å². The van der Waals surface area contributed by atoms with E-state index >= 15 is 0 Å². The molecule has 16 heavy (non-hydrogen) atoms. The van der Waals surface area contributed by atoms with Gasteiger partial charge in [-0.05, 0) is 12.3 Å². The summed E-state index contributed by atoms with van der Waals surface area (Å²) in [4.78, 5) is 4.53. The molecule has 0 aliphatic rings. The van der Waals surface area contributed by atoms with Crippen LogP contribution in [0.3, 0.4) is 0 Å². The summed E-state index contributed by atoms with van der Waals surface area (Å²) < 4.78 is 2.10. The number of halogens is 1. The molecule has 0 amide bonds. The highest BCUT2D eigenvalue weighted by atomic mass is 79.9. The van der Waals surface area contributed by atoms with Gasteiger partial charge in [0, 0.05) is 24.7 Å². The summed E-state index contributed by atoms with van der Waals surface area (Å²) >= 11 is 3.58. The number of rotatable bonds is 7. The van der Waals surface area contributed by atoms with E-state index in [1.165, 1.54) is 12.8 Å². The molecule has 92 valence electrons. The molecule has 0 N–H and O–H groups in total. The molecule has 1 aromatic heterocycles. The van der Waals surface area contributed by atoms with Crippen molar-refractivity contribution >= 4 is 15.9 Å². The van der Waals surface area contributed by atoms with E-state index in [0.717, 1.165) is 36.4 Å². The van der Waals surface area contributed by atoms with Crippen LogP contribution in [0, 0.1) is 5.92 Å². The lowest BCUT2D eigenvalue weighted by Crippen LogP contribution is -2.15. The van der Waals surface area contributed by atoms with Crippen LogP contribution in [0.4, 0.5) is 0 Å². The maximum Gasteiger partial charge on any atom is 0.150 e. The number of hydrogen-bond donors (Lipinski definition) is 0. The van der Waals surface area contributed by atoms with Crippen LogP contribution < -0.4 is 0 Å². The van der Waals surface area contributed by atoms with E-state index in [1.54, 1.807) is 0 Å². The van der Waals surface area contributed by atoms with Crippen LogP contribution in [0.25, 0.3) is 0 Å². The number of alkyl halides is 1. The standard InChI is InChI=1S/C12H22BrN3/c1-4-7-10(8-13)9-16-12(6-3)14-11(5-2)15-16/h10H,4-9H2,1-3H3. The Labute approximate surface area is 107 Å². The lowest BCUT2D eigenvalue weighted by Gasteiger charge is -2.13. The van der Waals surface area contributed by atoms with E-state index in [-0.39, 0.29) is 0 Å². The SMILES string of the molecule is CCCC(CBr)Cn1nc(CC)nc1CC. The fourth-order valence-corrected chi connectivity index (χ4v) is 2.38. The summed E-state index contributed by atoms with van der Waals surface area (Å²) in [6, 6.07) is 0. The molecule has 0 aromatic carbocycles. The lowest BCUT2D eigenvalue weighted by molar-refractivity contribution is 0.417. The Morgan fingerprint density at radius 2 is 2.00 bits per heavy atom. The maximum atomic E-state index is 4.55. The van der Waals surface area contributed by atoms with Crippen LogP contribution in [0.15, 0.2) is 0 Å². The Bertz CT molecular complexity index is 309. The monoisotopic (exact) mass is 287 g/mol. The van der Waals surface area contributed by atoms with E-state index in [9.17, 15) is 0 Å². The predicted molar refractivity (Wildman–Crippen MR) is 71.0 cm³/mol. The Balaban J connectivity index is 2.73. The predicted octanol–water partition coefficient (Wildman–Crippen LogP) is 3.21. The minimum atomic E-state index is 0.668. The third kappa shape index (κ3) is 3.58. The molecule has 0 saturated carbocycles. The van der Waals surface area contributed by atoms with Gasteiger partial charge in [0.25, 0.3) is 0 Å². The van der Waals surface area contributed by atoms with Crippen LogP contribution in [-0.2, 0) is 19.4 Å². The van der Waals surface area contributed by atoms with E-state index < -0.39 is 0 Å². The molecule has 3 nitrogen and oxygen atoms in total. The highest BCUT2D eigenvalue weighted by Crippen LogP contribution is 2.13. The zero-order valence-electron chi connectivity index (χ0n) is 10.5. The molecule has 1 aromatic rings. The third-order valence-corrected chi connectivity index (χ3v) is 3.69. The molecule has 0 fully saturated rings. The van der Waals surface area contributed by atoms with Gasteiger partial charge in [0.05, 0.1) is 0 Å². The van der Waals surface area contributed by atoms with Crippen molar-refractivity contribution in [3.63, 3.8) is 0 Å². The van der Waals surface area contributed by atoms with Gasteiger partial charge in [-0.1, -0.05) is 43.1 Å². The summed E-state index contributed by atoms with van der Waals surface area (Å²) in [6.45, 7) is 7.47. The molecule has 0 radical (unpaired) electrons. The largest absolute Gasteiger partial charge is 0.250 e. The molecule has 0 aliphatic carbocycles. The molecule has 0 aliphatic heterocycles. The molecule has 1 unspecified atom stereocenters. The minimum absolute atomic E-state index is 0.668. The van der Waals surface area contributed by atoms with E-state index in [0.29, 0.717) is 5.92 Å². The van der Waals surface area contributed by atoms with Crippen molar-refractivity contribution in [2.24, 2.45) is 5.92 Å². The van der Waals surface area contributed by atoms with Crippen LogP contribution in [0.5, 0.6) is 0 Å². The Kier molecular flexibility index (Phi) is 6.03. The van der Waals surface area contributed by atoms with Crippen molar-refractivity contribution in [2.75, 3.05) is 5.33 Å². The molecule has 0 spiro atoms.